The lowest BCUT2D eigenvalue weighted by Gasteiger charge is -2.42. The van der Waals surface area contributed by atoms with Crippen LogP contribution >= 0.6 is 0 Å². The van der Waals surface area contributed by atoms with Gasteiger partial charge in [-0.1, -0.05) is 0 Å². The number of rotatable bonds is 3. The highest BCUT2D eigenvalue weighted by Gasteiger charge is 2.36. The number of hydrogen-bond donors (Lipinski definition) is 0. The van der Waals surface area contributed by atoms with Gasteiger partial charge >= 0.3 is 0 Å². The van der Waals surface area contributed by atoms with Crippen molar-refractivity contribution in [3.8, 4) is 0 Å². The highest BCUT2D eigenvalue weighted by Crippen LogP contribution is 2.24. The number of morpholine rings is 1. The second-order valence-electron chi connectivity index (χ2n) is 6.56. The van der Waals surface area contributed by atoms with Crippen molar-refractivity contribution in [2.45, 2.75) is 32.5 Å². The summed E-state index contributed by atoms with van der Waals surface area (Å²) in [5.41, 5.74) is 1.61. The molecule has 2 aromatic rings. The van der Waals surface area contributed by atoms with Gasteiger partial charge in [0.2, 0.25) is 0 Å². The van der Waals surface area contributed by atoms with Crippen molar-refractivity contribution < 1.29 is 18.7 Å². The van der Waals surface area contributed by atoms with E-state index in [4.69, 9.17) is 13.9 Å². The molecule has 1 aliphatic heterocycles. The standard InChI is InChI=1S/C17H22N2O4/c1-11-18-14-7-12(5-6-15(14)22-11)16(20)19-8-13(9-21-4)23-17(2,3)10-19/h5-7,13H,8-10H2,1-4H3/t13-/m0/s1. The number of aromatic nitrogens is 1. The van der Waals surface area contributed by atoms with E-state index in [-0.39, 0.29) is 12.0 Å². The molecule has 1 atom stereocenters. The van der Waals surface area contributed by atoms with E-state index in [2.05, 4.69) is 4.98 Å². The van der Waals surface area contributed by atoms with E-state index in [1.807, 2.05) is 18.7 Å². The molecule has 1 aromatic heterocycles. The molecule has 0 bridgehead atoms. The molecular formula is C17H22N2O4. The molecule has 0 radical (unpaired) electrons. The van der Waals surface area contributed by atoms with Crippen LogP contribution in [0.25, 0.3) is 11.1 Å². The smallest absolute Gasteiger partial charge is 0.254 e. The first-order valence-electron chi connectivity index (χ1n) is 7.71. The number of hydrogen-bond acceptors (Lipinski definition) is 5. The summed E-state index contributed by atoms with van der Waals surface area (Å²) in [5.74, 6) is 0.572. The van der Waals surface area contributed by atoms with E-state index in [1.165, 1.54) is 0 Å². The molecule has 1 saturated heterocycles. The third-order valence-corrected chi connectivity index (χ3v) is 3.86. The van der Waals surface area contributed by atoms with Crippen LogP contribution in [-0.4, -0.2) is 54.3 Å². The van der Waals surface area contributed by atoms with Crippen LogP contribution in [0.5, 0.6) is 0 Å². The fourth-order valence-electron chi connectivity index (χ4n) is 3.08. The Morgan fingerprint density at radius 2 is 2.26 bits per heavy atom. The predicted molar refractivity (Wildman–Crippen MR) is 85.5 cm³/mol. The quantitative estimate of drug-likeness (QED) is 0.869. The number of aryl methyl sites for hydroxylation is 1. The minimum Gasteiger partial charge on any atom is -0.441 e. The Kier molecular flexibility index (Phi) is 4.12. The van der Waals surface area contributed by atoms with Gasteiger partial charge in [-0.25, -0.2) is 4.98 Å². The summed E-state index contributed by atoms with van der Waals surface area (Å²) in [6.45, 7) is 7.29. The van der Waals surface area contributed by atoms with Crippen LogP contribution in [0.15, 0.2) is 22.6 Å². The van der Waals surface area contributed by atoms with Crippen molar-refractivity contribution in [2.24, 2.45) is 0 Å². The number of carbonyl (C=O) groups excluding carboxylic acids is 1. The van der Waals surface area contributed by atoms with Gasteiger partial charge in [0.05, 0.1) is 18.3 Å². The maximum absolute atomic E-state index is 12.9. The minimum absolute atomic E-state index is 0.0231. The Morgan fingerprint density at radius 3 is 3.00 bits per heavy atom. The van der Waals surface area contributed by atoms with E-state index in [1.54, 1.807) is 32.2 Å². The van der Waals surface area contributed by atoms with Crippen molar-refractivity contribution in [1.82, 2.24) is 9.88 Å². The fourth-order valence-corrected chi connectivity index (χ4v) is 3.08. The van der Waals surface area contributed by atoms with Gasteiger partial charge in [-0.05, 0) is 32.0 Å². The summed E-state index contributed by atoms with van der Waals surface area (Å²) in [5, 5.41) is 0. The second kappa shape index (κ2) is 5.94. The molecule has 0 spiro atoms. The van der Waals surface area contributed by atoms with E-state index in [0.717, 1.165) is 0 Å². The summed E-state index contributed by atoms with van der Waals surface area (Å²) in [6.07, 6.45) is -0.120. The van der Waals surface area contributed by atoms with Gasteiger partial charge in [0.25, 0.3) is 5.91 Å². The van der Waals surface area contributed by atoms with Gasteiger partial charge in [0, 0.05) is 32.7 Å². The SMILES string of the molecule is COC[C@@H]1CN(C(=O)c2ccc3oc(C)nc3c2)CC(C)(C)O1. The molecule has 1 fully saturated rings. The number of benzene rings is 1. The molecule has 2 heterocycles. The van der Waals surface area contributed by atoms with Crippen LogP contribution < -0.4 is 0 Å². The lowest BCUT2D eigenvalue weighted by Crippen LogP contribution is -2.55. The molecular weight excluding hydrogens is 296 g/mol. The Balaban J connectivity index is 1.84. The van der Waals surface area contributed by atoms with Crippen molar-refractivity contribution in [3.05, 3.63) is 29.7 Å². The maximum Gasteiger partial charge on any atom is 0.254 e. The fraction of sp³-hybridized carbons (Fsp3) is 0.529. The largest absolute Gasteiger partial charge is 0.441 e. The van der Waals surface area contributed by atoms with Gasteiger partial charge < -0.3 is 18.8 Å². The van der Waals surface area contributed by atoms with Gasteiger partial charge in [-0.3, -0.25) is 4.79 Å². The molecule has 3 rings (SSSR count). The summed E-state index contributed by atoms with van der Waals surface area (Å²) >= 11 is 0. The van der Waals surface area contributed by atoms with Gasteiger partial charge in [0.15, 0.2) is 11.5 Å². The average Bonchev–Trinajstić information content (AvgIpc) is 2.84. The van der Waals surface area contributed by atoms with Crippen LogP contribution in [0, 0.1) is 6.92 Å². The van der Waals surface area contributed by atoms with Gasteiger partial charge in [0.1, 0.15) is 5.52 Å². The molecule has 1 aliphatic rings. The molecule has 1 amide bonds. The number of carbonyl (C=O) groups is 1. The van der Waals surface area contributed by atoms with Gasteiger partial charge in [-0.15, -0.1) is 0 Å². The average molecular weight is 318 g/mol. The molecule has 23 heavy (non-hydrogen) atoms. The maximum atomic E-state index is 12.9. The van der Waals surface area contributed by atoms with Crippen molar-refractivity contribution >= 4 is 17.0 Å². The minimum atomic E-state index is -0.397. The molecule has 6 heteroatoms. The zero-order valence-corrected chi connectivity index (χ0v) is 14.0. The number of fused-ring (bicyclic) bond motifs is 1. The normalized spacial score (nSPS) is 20.9. The second-order valence-corrected chi connectivity index (χ2v) is 6.56. The van der Waals surface area contributed by atoms with Crippen LogP contribution in [0.4, 0.5) is 0 Å². The highest BCUT2D eigenvalue weighted by molar-refractivity contribution is 5.97. The number of methoxy groups -OCH3 is 1. The molecule has 124 valence electrons. The molecule has 6 nitrogen and oxygen atoms in total. The van der Waals surface area contributed by atoms with E-state index in [0.29, 0.717) is 42.3 Å². The zero-order valence-electron chi connectivity index (χ0n) is 14.0. The third kappa shape index (κ3) is 3.38. The third-order valence-electron chi connectivity index (χ3n) is 3.86. The first-order chi connectivity index (χ1) is 10.9. The first-order valence-corrected chi connectivity index (χ1v) is 7.71. The Hall–Kier alpha value is -1.92. The van der Waals surface area contributed by atoms with Crippen molar-refractivity contribution in [1.29, 1.82) is 0 Å². The van der Waals surface area contributed by atoms with E-state index in [9.17, 15) is 4.79 Å². The van der Waals surface area contributed by atoms with Gasteiger partial charge in [-0.2, -0.15) is 0 Å². The summed E-state index contributed by atoms with van der Waals surface area (Å²) in [6, 6.07) is 5.35. The predicted octanol–water partition coefficient (Wildman–Crippen LogP) is 2.40. The number of amides is 1. The summed E-state index contributed by atoms with van der Waals surface area (Å²) in [4.78, 5) is 19.0. The van der Waals surface area contributed by atoms with Crippen molar-refractivity contribution in [2.75, 3.05) is 26.8 Å². The topological polar surface area (TPSA) is 64.8 Å². The molecule has 0 saturated carbocycles. The Bertz CT molecular complexity index is 722. The van der Waals surface area contributed by atoms with Crippen LogP contribution in [-0.2, 0) is 9.47 Å². The van der Waals surface area contributed by atoms with Crippen molar-refractivity contribution in [3.63, 3.8) is 0 Å². The van der Waals surface area contributed by atoms with Crippen LogP contribution in [0.2, 0.25) is 0 Å². The number of nitrogens with zero attached hydrogens (tertiary/aromatic N) is 2. The lowest BCUT2D eigenvalue weighted by molar-refractivity contribution is -0.143. The Morgan fingerprint density at radius 1 is 1.48 bits per heavy atom. The first kappa shape index (κ1) is 16.0. The monoisotopic (exact) mass is 318 g/mol. The van der Waals surface area contributed by atoms with Crippen LogP contribution in [0.1, 0.15) is 30.1 Å². The molecule has 0 N–H and O–H groups in total. The molecule has 1 aromatic carbocycles. The highest BCUT2D eigenvalue weighted by atomic mass is 16.5. The number of ether oxygens (including phenoxy) is 2. The van der Waals surface area contributed by atoms with E-state index >= 15 is 0 Å². The van der Waals surface area contributed by atoms with Crippen LogP contribution in [0.3, 0.4) is 0 Å². The molecule has 0 unspecified atom stereocenters. The summed E-state index contributed by atoms with van der Waals surface area (Å²) < 4.78 is 16.6. The number of oxazole rings is 1. The molecule has 0 aliphatic carbocycles. The van der Waals surface area contributed by atoms with E-state index < -0.39 is 5.60 Å². The lowest BCUT2D eigenvalue weighted by atomic mass is 10.0. The summed E-state index contributed by atoms with van der Waals surface area (Å²) in [7, 11) is 1.64. The zero-order chi connectivity index (χ0) is 16.6. The Labute approximate surface area is 135 Å².